The van der Waals surface area contributed by atoms with Gasteiger partial charge in [-0.1, -0.05) is 25.7 Å². The predicted octanol–water partition coefficient (Wildman–Crippen LogP) is 4.22. The van der Waals surface area contributed by atoms with Crippen LogP contribution >= 0.6 is 0 Å². The summed E-state index contributed by atoms with van der Waals surface area (Å²) in [6, 6.07) is 3.53. The number of carbonyl (C=O) groups excluding carboxylic acids is 1. The zero-order valence-electron chi connectivity index (χ0n) is 15.6. The van der Waals surface area contributed by atoms with Gasteiger partial charge in [0.25, 0.3) is 5.95 Å². The van der Waals surface area contributed by atoms with E-state index in [-0.39, 0.29) is 13.0 Å². The molecule has 152 valence electrons. The van der Waals surface area contributed by atoms with Crippen molar-refractivity contribution >= 4 is 12.1 Å². The summed E-state index contributed by atoms with van der Waals surface area (Å²) >= 11 is 0. The highest BCUT2D eigenvalue weighted by Crippen LogP contribution is 2.33. The minimum atomic E-state index is -0.779. The standard InChI is InChI=1S/C19H29NO7/c21-16(22)9-4-1-2-5-11-19(15-27-18(23)20(19)24)12-6-3-7-13-25-17-10-8-14-26-17/h8,10,14,24H,1-7,9,11-13,15H2,(H,21,22). The third-order valence-corrected chi connectivity index (χ3v) is 4.90. The first-order valence-corrected chi connectivity index (χ1v) is 9.57. The highest BCUT2D eigenvalue weighted by atomic mass is 16.7. The predicted molar refractivity (Wildman–Crippen MR) is 95.7 cm³/mol. The van der Waals surface area contributed by atoms with Crippen molar-refractivity contribution in [2.24, 2.45) is 0 Å². The Morgan fingerprint density at radius 2 is 1.85 bits per heavy atom. The number of amides is 1. The molecular formula is C19H29NO7. The Morgan fingerprint density at radius 1 is 1.15 bits per heavy atom. The van der Waals surface area contributed by atoms with E-state index in [2.05, 4.69) is 0 Å². The fraction of sp³-hybridized carbons (Fsp3) is 0.684. The van der Waals surface area contributed by atoms with E-state index in [1.165, 1.54) is 0 Å². The quantitative estimate of drug-likeness (QED) is 0.365. The third kappa shape index (κ3) is 6.78. The summed E-state index contributed by atoms with van der Waals surface area (Å²) in [7, 11) is 0. The molecule has 0 spiro atoms. The van der Waals surface area contributed by atoms with Gasteiger partial charge >= 0.3 is 12.1 Å². The molecule has 0 aromatic carbocycles. The maximum Gasteiger partial charge on any atom is 0.434 e. The minimum Gasteiger partial charge on any atom is -0.481 e. The molecule has 1 aliphatic heterocycles. The van der Waals surface area contributed by atoms with Crippen LogP contribution in [-0.4, -0.2) is 46.2 Å². The average Bonchev–Trinajstić information content (AvgIpc) is 3.25. The number of carboxylic acids is 1. The topological polar surface area (TPSA) is 109 Å². The van der Waals surface area contributed by atoms with Crippen LogP contribution in [0.2, 0.25) is 0 Å². The van der Waals surface area contributed by atoms with Gasteiger partial charge in [0, 0.05) is 12.5 Å². The summed E-state index contributed by atoms with van der Waals surface area (Å²) in [5, 5.41) is 19.6. The lowest BCUT2D eigenvalue weighted by molar-refractivity contribution is -0.137. The molecule has 1 amide bonds. The van der Waals surface area contributed by atoms with Gasteiger partial charge in [0.05, 0.1) is 12.9 Å². The van der Waals surface area contributed by atoms with Crippen molar-refractivity contribution in [3.05, 3.63) is 18.4 Å². The lowest BCUT2D eigenvalue weighted by Crippen LogP contribution is -2.45. The van der Waals surface area contributed by atoms with E-state index in [1.807, 2.05) is 0 Å². The van der Waals surface area contributed by atoms with Crippen molar-refractivity contribution < 1.29 is 33.8 Å². The number of unbranched alkanes of at least 4 members (excludes halogenated alkanes) is 5. The molecule has 1 aromatic rings. The first kappa shape index (κ1) is 21.1. The molecule has 27 heavy (non-hydrogen) atoms. The Bertz CT molecular complexity index is 575. The second-order valence-electron chi connectivity index (χ2n) is 6.99. The SMILES string of the molecule is O=C(O)CCCCCCC1(CCCCCOc2ccco2)COC(=O)N1O. The Hall–Kier alpha value is -2.22. The summed E-state index contributed by atoms with van der Waals surface area (Å²) < 4.78 is 15.6. The molecule has 1 aromatic heterocycles. The fourth-order valence-electron chi connectivity index (χ4n) is 3.33. The highest BCUT2D eigenvalue weighted by Gasteiger charge is 2.46. The summed E-state index contributed by atoms with van der Waals surface area (Å²) in [5.41, 5.74) is -0.675. The van der Waals surface area contributed by atoms with Crippen molar-refractivity contribution in [1.29, 1.82) is 0 Å². The molecule has 1 fully saturated rings. The molecule has 0 radical (unpaired) electrons. The summed E-state index contributed by atoms with van der Waals surface area (Å²) in [6.45, 7) is 0.753. The maximum absolute atomic E-state index is 11.6. The number of ether oxygens (including phenoxy) is 2. The van der Waals surface area contributed by atoms with Gasteiger partial charge in [-0.2, -0.15) is 5.06 Å². The number of carboxylic acid groups (broad SMARTS) is 1. The molecule has 8 nitrogen and oxygen atoms in total. The van der Waals surface area contributed by atoms with Crippen LogP contribution in [0.1, 0.15) is 64.2 Å². The number of carbonyl (C=O) groups is 2. The van der Waals surface area contributed by atoms with Crippen LogP contribution in [0.15, 0.2) is 22.8 Å². The van der Waals surface area contributed by atoms with Crippen molar-refractivity contribution in [3.63, 3.8) is 0 Å². The van der Waals surface area contributed by atoms with Gasteiger partial charge in [0.15, 0.2) is 0 Å². The van der Waals surface area contributed by atoms with E-state index in [9.17, 15) is 14.8 Å². The number of rotatable bonds is 14. The number of aliphatic carboxylic acids is 1. The number of furan rings is 1. The van der Waals surface area contributed by atoms with Crippen LogP contribution < -0.4 is 4.74 Å². The van der Waals surface area contributed by atoms with Crippen LogP contribution in [0.25, 0.3) is 0 Å². The lowest BCUT2D eigenvalue weighted by atomic mass is 9.87. The second-order valence-corrected chi connectivity index (χ2v) is 6.99. The zero-order valence-corrected chi connectivity index (χ0v) is 15.6. The normalized spacial score (nSPS) is 19.3. The Kier molecular flexibility index (Phi) is 8.44. The first-order chi connectivity index (χ1) is 13.0. The van der Waals surface area contributed by atoms with Gasteiger partial charge in [-0.25, -0.2) is 4.79 Å². The molecule has 2 heterocycles. The van der Waals surface area contributed by atoms with Gasteiger partial charge in [-0.15, -0.1) is 0 Å². The minimum absolute atomic E-state index is 0.180. The highest BCUT2D eigenvalue weighted by molar-refractivity contribution is 5.69. The molecular weight excluding hydrogens is 354 g/mol. The largest absolute Gasteiger partial charge is 0.481 e. The van der Waals surface area contributed by atoms with Crippen LogP contribution in [0, 0.1) is 0 Å². The van der Waals surface area contributed by atoms with Crippen LogP contribution in [0.5, 0.6) is 5.95 Å². The number of cyclic esters (lactones) is 1. The second kappa shape index (κ2) is 10.8. The average molecular weight is 383 g/mol. The molecule has 0 aliphatic carbocycles. The molecule has 1 aliphatic rings. The summed E-state index contributed by atoms with van der Waals surface area (Å²) in [4.78, 5) is 22.1. The smallest absolute Gasteiger partial charge is 0.434 e. The maximum atomic E-state index is 11.6. The van der Waals surface area contributed by atoms with Crippen LogP contribution in [0.3, 0.4) is 0 Å². The molecule has 1 atom stereocenters. The van der Waals surface area contributed by atoms with Gasteiger partial charge in [0.1, 0.15) is 12.1 Å². The Labute approximate surface area is 159 Å². The molecule has 0 saturated carbocycles. The van der Waals surface area contributed by atoms with Gasteiger partial charge < -0.3 is 19.0 Å². The van der Waals surface area contributed by atoms with E-state index in [1.54, 1.807) is 18.4 Å². The van der Waals surface area contributed by atoms with E-state index < -0.39 is 17.6 Å². The zero-order chi connectivity index (χ0) is 19.5. The Balaban J connectivity index is 1.66. The molecule has 2 rings (SSSR count). The molecule has 1 saturated heterocycles. The summed E-state index contributed by atoms with van der Waals surface area (Å²) in [6.07, 6.45) is 8.11. The monoisotopic (exact) mass is 383 g/mol. The van der Waals surface area contributed by atoms with E-state index in [4.69, 9.17) is 19.0 Å². The van der Waals surface area contributed by atoms with E-state index in [0.29, 0.717) is 31.8 Å². The Morgan fingerprint density at radius 3 is 2.44 bits per heavy atom. The number of nitrogens with zero attached hydrogens (tertiary/aromatic N) is 1. The number of hydroxylamine groups is 2. The fourth-order valence-corrected chi connectivity index (χ4v) is 3.33. The van der Waals surface area contributed by atoms with Crippen molar-refractivity contribution in [2.45, 2.75) is 69.7 Å². The van der Waals surface area contributed by atoms with Gasteiger partial charge in [-0.05, 0) is 38.2 Å². The van der Waals surface area contributed by atoms with Gasteiger partial charge in [0.2, 0.25) is 0 Å². The number of hydrogen-bond donors (Lipinski definition) is 2. The third-order valence-electron chi connectivity index (χ3n) is 4.90. The van der Waals surface area contributed by atoms with E-state index >= 15 is 0 Å². The van der Waals surface area contributed by atoms with Gasteiger partial charge in [-0.3, -0.25) is 10.0 Å². The molecule has 1 unspecified atom stereocenters. The van der Waals surface area contributed by atoms with Crippen LogP contribution in [-0.2, 0) is 9.53 Å². The van der Waals surface area contributed by atoms with Crippen molar-refractivity contribution in [1.82, 2.24) is 5.06 Å². The number of hydrogen-bond acceptors (Lipinski definition) is 6. The lowest BCUT2D eigenvalue weighted by Gasteiger charge is -2.31. The first-order valence-electron chi connectivity index (χ1n) is 9.57. The van der Waals surface area contributed by atoms with Crippen molar-refractivity contribution in [2.75, 3.05) is 13.2 Å². The summed E-state index contributed by atoms with van der Waals surface area (Å²) in [5.74, 6) is -0.274. The molecule has 0 bridgehead atoms. The van der Waals surface area contributed by atoms with Crippen molar-refractivity contribution in [3.8, 4) is 5.95 Å². The molecule has 8 heteroatoms. The van der Waals surface area contributed by atoms with Crippen LogP contribution in [0.4, 0.5) is 4.79 Å². The van der Waals surface area contributed by atoms with E-state index in [0.717, 1.165) is 43.6 Å². The molecule has 2 N–H and O–H groups in total.